The molecule has 2 N–H and O–H groups in total. The second-order valence-electron chi connectivity index (χ2n) is 4.55. The number of hydrogen-bond donors (Lipinski definition) is 1. The highest BCUT2D eigenvalue weighted by molar-refractivity contribution is 9.11. The number of benzene rings is 1. The van der Waals surface area contributed by atoms with Crippen molar-refractivity contribution in [3.8, 4) is 0 Å². The van der Waals surface area contributed by atoms with E-state index in [0.29, 0.717) is 16.0 Å². The summed E-state index contributed by atoms with van der Waals surface area (Å²) in [5.74, 6) is 0. The van der Waals surface area contributed by atoms with E-state index in [0.717, 1.165) is 11.3 Å². The summed E-state index contributed by atoms with van der Waals surface area (Å²) in [5, 5.41) is 0. The standard InChI is InChI=1S/C14H17BrN2O2S2/c1-3-10-4-6-11(7-5-10)17(2)21(18,19)13-8-12(9-16)20-14(13)15/h4-8H,3,9,16H2,1-2H3. The predicted octanol–water partition coefficient (Wildman–Crippen LogP) is 3.36. The molecule has 0 saturated carbocycles. The van der Waals surface area contributed by atoms with Crippen molar-refractivity contribution < 1.29 is 8.42 Å². The van der Waals surface area contributed by atoms with Gasteiger partial charge in [-0.15, -0.1) is 11.3 Å². The summed E-state index contributed by atoms with van der Waals surface area (Å²) in [5.41, 5.74) is 7.39. The lowest BCUT2D eigenvalue weighted by Gasteiger charge is -2.19. The van der Waals surface area contributed by atoms with Crippen molar-refractivity contribution in [3.63, 3.8) is 0 Å². The Morgan fingerprint density at radius 1 is 1.29 bits per heavy atom. The second-order valence-corrected chi connectivity index (χ2v) is 8.94. The van der Waals surface area contributed by atoms with Crippen LogP contribution in [0.1, 0.15) is 17.4 Å². The fourth-order valence-electron chi connectivity index (χ4n) is 1.90. The number of thiophene rings is 1. The molecule has 0 fully saturated rings. The van der Waals surface area contributed by atoms with Crippen molar-refractivity contribution in [2.24, 2.45) is 5.73 Å². The Bertz CT molecular complexity index is 724. The van der Waals surface area contributed by atoms with E-state index in [9.17, 15) is 8.42 Å². The van der Waals surface area contributed by atoms with Gasteiger partial charge in [-0.05, 0) is 46.1 Å². The van der Waals surface area contributed by atoms with Crippen molar-refractivity contribution in [3.05, 3.63) is 44.6 Å². The summed E-state index contributed by atoms with van der Waals surface area (Å²) in [4.78, 5) is 1.09. The van der Waals surface area contributed by atoms with Gasteiger partial charge >= 0.3 is 0 Å². The van der Waals surface area contributed by atoms with E-state index in [1.165, 1.54) is 21.2 Å². The Morgan fingerprint density at radius 3 is 2.38 bits per heavy atom. The molecule has 2 aromatic rings. The first-order valence-electron chi connectivity index (χ1n) is 6.46. The summed E-state index contributed by atoms with van der Waals surface area (Å²) in [6.45, 7) is 2.39. The van der Waals surface area contributed by atoms with Crippen molar-refractivity contribution >= 4 is 43.0 Å². The van der Waals surface area contributed by atoms with E-state index < -0.39 is 10.0 Å². The van der Waals surface area contributed by atoms with Gasteiger partial charge in [0.1, 0.15) is 4.90 Å². The first-order valence-corrected chi connectivity index (χ1v) is 9.51. The molecule has 2 rings (SSSR count). The number of hydrogen-bond acceptors (Lipinski definition) is 4. The van der Waals surface area contributed by atoms with Crippen molar-refractivity contribution in [2.45, 2.75) is 24.8 Å². The van der Waals surface area contributed by atoms with Crippen LogP contribution in [0.5, 0.6) is 0 Å². The molecule has 7 heteroatoms. The van der Waals surface area contributed by atoms with Gasteiger partial charge in [-0.25, -0.2) is 8.42 Å². The number of rotatable bonds is 5. The molecule has 0 aliphatic heterocycles. The minimum absolute atomic E-state index is 0.259. The van der Waals surface area contributed by atoms with Crippen LogP contribution < -0.4 is 10.0 Å². The van der Waals surface area contributed by atoms with Gasteiger partial charge in [0.15, 0.2) is 0 Å². The lowest BCUT2D eigenvalue weighted by molar-refractivity contribution is 0.594. The van der Waals surface area contributed by atoms with E-state index in [1.54, 1.807) is 13.1 Å². The molecule has 114 valence electrons. The fourth-order valence-corrected chi connectivity index (χ4v) is 5.61. The number of nitrogens with two attached hydrogens (primary N) is 1. The summed E-state index contributed by atoms with van der Waals surface area (Å²) < 4.78 is 27.3. The third-order valence-corrected chi connectivity index (χ3v) is 7.31. The largest absolute Gasteiger partial charge is 0.326 e. The Morgan fingerprint density at radius 2 is 1.90 bits per heavy atom. The van der Waals surface area contributed by atoms with Crippen molar-refractivity contribution in [2.75, 3.05) is 11.4 Å². The van der Waals surface area contributed by atoms with Crippen LogP contribution in [0.25, 0.3) is 0 Å². The van der Waals surface area contributed by atoms with Crippen molar-refractivity contribution in [1.29, 1.82) is 0 Å². The second kappa shape index (κ2) is 6.48. The highest BCUT2D eigenvalue weighted by Gasteiger charge is 2.25. The molecule has 0 unspecified atom stereocenters. The summed E-state index contributed by atoms with van der Waals surface area (Å²) in [7, 11) is -2.03. The van der Waals surface area contributed by atoms with E-state index in [1.807, 2.05) is 24.3 Å². The quantitative estimate of drug-likeness (QED) is 0.853. The van der Waals surface area contributed by atoms with Crippen LogP contribution in [0.3, 0.4) is 0 Å². The molecule has 0 atom stereocenters. The zero-order valence-corrected chi connectivity index (χ0v) is 15.1. The summed E-state index contributed by atoms with van der Waals surface area (Å²) in [6, 6.07) is 9.15. The van der Waals surface area contributed by atoms with Gasteiger partial charge in [0.2, 0.25) is 0 Å². The Hall–Kier alpha value is -0.890. The number of aryl methyl sites for hydroxylation is 1. The maximum Gasteiger partial charge on any atom is 0.266 e. The Balaban J connectivity index is 2.39. The fraction of sp³-hybridized carbons (Fsp3) is 0.286. The molecular formula is C14H17BrN2O2S2. The normalized spacial score (nSPS) is 11.6. The molecule has 0 radical (unpaired) electrons. The molecule has 1 heterocycles. The van der Waals surface area contributed by atoms with Crippen LogP contribution >= 0.6 is 27.3 Å². The van der Waals surface area contributed by atoms with Gasteiger partial charge < -0.3 is 5.73 Å². The average Bonchev–Trinajstić information content (AvgIpc) is 2.88. The minimum Gasteiger partial charge on any atom is -0.326 e. The summed E-state index contributed by atoms with van der Waals surface area (Å²) >= 11 is 4.66. The van der Waals surface area contributed by atoms with Gasteiger partial charge in [-0.1, -0.05) is 19.1 Å². The number of halogens is 1. The van der Waals surface area contributed by atoms with Gasteiger partial charge in [-0.2, -0.15) is 0 Å². The molecule has 4 nitrogen and oxygen atoms in total. The molecular weight excluding hydrogens is 372 g/mol. The summed E-state index contributed by atoms with van der Waals surface area (Å²) in [6.07, 6.45) is 0.923. The molecule has 1 aromatic carbocycles. The highest BCUT2D eigenvalue weighted by atomic mass is 79.9. The molecule has 0 aliphatic rings. The number of sulfonamides is 1. The van der Waals surface area contributed by atoms with Crippen LogP contribution in [0.15, 0.2) is 39.0 Å². The molecule has 0 aliphatic carbocycles. The maximum atomic E-state index is 12.7. The Kier molecular flexibility index (Phi) is 5.08. The number of anilines is 1. The first kappa shape index (κ1) is 16.5. The lowest BCUT2D eigenvalue weighted by Crippen LogP contribution is -2.26. The monoisotopic (exact) mass is 388 g/mol. The average molecular weight is 389 g/mol. The van der Waals surface area contributed by atoms with Crippen LogP contribution in [-0.4, -0.2) is 15.5 Å². The van der Waals surface area contributed by atoms with Crippen LogP contribution in [0.4, 0.5) is 5.69 Å². The molecule has 21 heavy (non-hydrogen) atoms. The third-order valence-electron chi connectivity index (χ3n) is 3.25. The van der Waals surface area contributed by atoms with Gasteiger partial charge in [0.05, 0.1) is 9.47 Å². The van der Waals surface area contributed by atoms with Crippen LogP contribution in [-0.2, 0) is 23.0 Å². The van der Waals surface area contributed by atoms with Crippen LogP contribution in [0, 0.1) is 0 Å². The molecule has 0 amide bonds. The van der Waals surface area contributed by atoms with Gasteiger partial charge in [0, 0.05) is 18.5 Å². The third kappa shape index (κ3) is 3.31. The molecule has 0 saturated heterocycles. The predicted molar refractivity (Wildman–Crippen MR) is 91.3 cm³/mol. The SMILES string of the molecule is CCc1ccc(N(C)S(=O)(=O)c2cc(CN)sc2Br)cc1. The van der Waals surface area contributed by atoms with Gasteiger partial charge in [0.25, 0.3) is 10.0 Å². The lowest BCUT2D eigenvalue weighted by atomic mass is 10.1. The molecule has 1 aromatic heterocycles. The smallest absolute Gasteiger partial charge is 0.266 e. The molecule has 0 spiro atoms. The molecule has 0 bridgehead atoms. The van der Waals surface area contributed by atoms with E-state index in [-0.39, 0.29) is 4.90 Å². The first-order chi connectivity index (χ1) is 9.90. The maximum absolute atomic E-state index is 12.7. The van der Waals surface area contributed by atoms with Gasteiger partial charge in [-0.3, -0.25) is 4.31 Å². The highest BCUT2D eigenvalue weighted by Crippen LogP contribution is 2.34. The van der Waals surface area contributed by atoms with E-state index >= 15 is 0 Å². The topological polar surface area (TPSA) is 63.4 Å². The van der Waals surface area contributed by atoms with Crippen molar-refractivity contribution in [1.82, 2.24) is 0 Å². The zero-order valence-electron chi connectivity index (χ0n) is 11.8. The van der Waals surface area contributed by atoms with E-state index in [2.05, 4.69) is 22.9 Å². The van der Waals surface area contributed by atoms with Crippen LogP contribution in [0.2, 0.25) is 0 Å². The number of nitrogens with zero attached hydrogens (tertiary/aromatic N) is 1. The minimum atomic E-state index is -3.59. The zero-order chi connectivity index (χ0) is 15.6. The van der Waals surface area contributed by atoms with E-state index in [4.69, 9.17) is 5.73 Å². The Labute approximate surface area is 137 Å².